The van der Waals surface area contributed by atoms with Crippen LogP contribution in [-0.2, 0) is 6.42 Å². The highest BCUT2D eigenvalue weighted by molar-refractivity contribution is 5.39. The highest BCUT2D eigenvalue weighted by Gasteiger charge is 2.02. The fraction of sp³-hybridized carbons (Fsp3) is 0.400. The molecule has 0 aliphatic heterocycles. The molecule has 0 aromatic heterocycles. The van der Waals surface area contributed by atoms with Crippen LogP contribution < -0.4 is 4.74 Å². The summed E-state index contributed by atoms with van der Waals surface area (Å²) in [4.78, 5) is 0. The topological polar surface area (TPSA) is 49.7 Å². The van der Waals surface area contributed by atoms with Crippen LogP contribution in [0, 0.1) is 0 Å². The van der Waals surface area contributed by atoms with Crippen molar-refractivity contribution in [3.8, 4) is 11.5 Å². The van der Waals surface area contributed by atoms with Crippen molar-refractivity contribution in [2.75, 3.05) is 13.7 Å². The van der Waals surface area contributed by atoms with Crippen LogP contribution in [-0.4, -0.2) is 23.9 Å². The van der Waals surface area contributed by atoms with Crippen molar-refractivity contribution in [1.82, 2.24) is 0 Å². The van der Waals surface area contributed by atoms with Crippen LogP contribution in [0.25, 0.3) is 0 Å². The van der Waals surface area contributed by atoms with Crippen molar-refractivity contribution in [3.05, 3.63) is 23.8 Å². The second-order valence-corrected chi connectivity index (χ2v) is 2.82. The van der Waals surface area contributed by atoms with Crippen molar-refractivity contribution in [2.45, 2.75) is 12.8 Å². The van der Waals surface area contributed by atoms with E-state index in [0.717, 1.165) is 11.3 Å². The molecule has 72 valence electrons. The number of aromatic hydroxyl groups is 1. The van der Waals surface area contributed by atoms with Crippen LogP contribution in [0.4, 0.5) is 0 Å². The first-order valence-corrected chi connectivity index (χ1v) is 4.24. The molecule has 0 aliphatic rings. The number of hydrogen-bond acceptors (Lipinski definition) is 3. The number of ether oxygens (including phenoxy) is 1. The highest BCUT2D eigenvalue weighted by Crippen LogP contribution is 2.23. The molecule has 0 bridgehead atoms. The maximum absolute atomic E-state index is 9.42. The first kappa shape index (κ1) is 9.86. The smallest absolute Gasteiger partial charge is 0.119 e. The SMILES string of the molecule is COc1ccc(O)c(CCCO)c1. The van der Waals surface area contributed by atoms with Gasteiger partial charge in [-0.15, -0.1) is 0 Å². The minimum absolute atomic E-state index is 0.136. The number of rotatable bonds is 4. The van der Waals surface area contributed by atoms with Gasteiger partial charge in [-0.1, -0.05) is 0 Å². The molecule has 1 rings (SSSR count). The van der Waals surface area contributed by atoms with Gasteiger partial charge in [0.05, 0.1) is 7.11 Å². The second-order valence-electron chi connectivity index (χ2n) is 2.82. The molecule has 1 aromatic carbocycles. The highest BCUT2D eigenvalue weighted by atomic mass is 16.5. The van der Waals surface area contributed by atoms with E-state index < -0.39 is 0 Å². The normalized spacial score (nSPS) is 10.0. The lowest BCUT2D eigenvalue weighted by molar-refractivity contribution is 0.288. The molecule has 0 radical (unpaired) electrons. The van der Waals surface area contributed by atoms with Gasteiger partial charge in [-0.2, -0.15) is 0 Å². The fourth-order valence-electron chi connectivity index (χ4n) is 1.16. The van der Waals surface area contributed by atoms with Gasteiger partial charge in [-0.3, -0.25) is 0 Å². The molecular formula is C10H14O3. The third-order valence-electron chi connectivity index (χ3n) is 1.89. The van der Waals surface area contributed by atoms with E-state index in [0.29, 0.717) is 12.8 Å². The Balaban J connectivity index is 2.78. The summed E-state index contributed by atoms with van der Waals surface area (Å²) >= 11 is 0. The average molecular weight is 182 g/mol. The van der Waals surface area contributed by atoms with Gasteiger partial charge >= 0.3 is 0 Å². The van der Waals surface area contributed by atoms with E-state index in [1.807, 2.05) is 0 Å². The number of hydrogen-bond donors (Lipinski definition) is 2. The quantitative estimate of drug-likeness (QED) is 0.738. The molecule has 3 heteroatoms. The van der Waals surface area contributed by atoms with Crippen LogP contribution in [0.2, 0.25) is 0 Å². The van der Waals surface area contributed by atoms with E-state index >= 15 is 0 Å². The molecule has 13 heavy (non-hydrogen) atoms. The van der Waals surface area contributed by atoms with Gasteiger partial charge in [0.1, 0.15) is 11.5 Å². The summed E-state index contributed by atoms with van der Waals surface area (Å²) in [6.07, 6.45) is 1.32. The van der Waals surface area contributed by atoms with E-state index in [4.69, 9.17) is 9.84 Å². The summed E-state index contributed by atoms with van der Waals surface area (Å²) in [5.41, 5.74) is 0.813. The maximum Gasteiger partial charge on any atom is 0.119 e. The van der Waals surface area contributed by atoms with Crippen LogP contribution in [0.3, 0.4) is 0 Å². The third kappa shape index (κ3) is 2.63. The Morgan fingerprint density at radius 2 is 2.15 bits per heavy atom. The Hall–Kier alpha value is -1.22. The molecular weight excluding hydrogens is 168 g/mol. The number of aliphatic hydroxyl groups is 1. The first-order valence-electron chi connectivity index (χ1n) is 4.24. The van der Waals surface area contributed by atoms with Crippen LogP contribution in [0.15, 0.2) is 18.2 Å². The summed E-state index contributed by atoms with van der Waals surface area (Å²) in [6.45, 7) is 0.136. The minimum Gasteiger partial charge on any atom is -0.508 e. The molecule has 0 saturated carbocycles. The largest absolute Gasteiger partial charge is 0.508 e. The summed E-state index contributed by atoms with van der Waals surface area (Å²) in [6, 6.07) is 5.09. The van der Waals surface area contributed by atoms with E-state index in [9.17, 15) is 5.11 Å². The molecule has 0 aliphatic carbocycles. The zero-order valence-electron chi connectivity index (χ0n) is 7.66. The average Bonchev–Trinajstić information content (AvgIpc) is 2.17. The van der Waals surface area contributed by atoms with Gasteiger partial charge in [0.2, 0.25) is 0 Å². The number of methoxy groups -OCH3 is 1. The van der Waals surface area contributed by atoms with Crippen molar-refractivity contribution < 1.29 is 14.9 Å². The molecule has 0 saturated heterocycles. The Kier molecular flexibility index (Phi) is 3.58. The Morgan fingerprint density at radius 1 is 1.38 bits per heavy atom. The molecule has 1 aromatic rings. The van der Waals surface area contributed by atoms with Gasteiger partial charge < -0.3 is 14.9 Å². The minimum atomic E-state index is 0.136. The molecule has 0 amide bonds. The zero-order valence-corrected chi connectivity index (χ0v) is 7.66. The van der Waals surface area contributed by atoms with E-state index in [1.165, 1.54) is 0 Å². The summed E-state index contributed by atoms with van der Waals surface area (Å²) in [7, 11) is 1.59. The maximum atomic E-state index is 9.42. The Bertz CT molecular complexity index is 271. The lowest BCUT2D eigenvalue weighted by Crippen LogP contribution is -1.91. The van der Waals surface area contributed by atoms with Crippen LogP contribution >= 0.6 is 0 Å². The van der Waals surface area contributed by atoms with Crippen LogP contribution in [0.1, 0.15) is 12.0 Å². The lowest BCUT2D eigenvalue weighted by Gasteiger charge is -2.05. The van der Waals surface area contributed by atoms with Crippen molar-refractivity contribution in [2.24, 2.45) is 0 Å². The number of phenolic OH excluding ortho intramolecular Hbond substituents is 1. The van der Waals surface area contributed by atoms with Gasteiger partial charge in [0.15, 0.2) is 0 Å². The van der Waals surface area contributed by atoms with Gasteiger partial charge in [-0.05, 0) is 36.6 Å². The van der Waals surface area contributed by atoms with E-state index in [1.54, 1.807) is 25.3 Å². The van der Waals surface area contributed by atoms with Crippen molar-refractivity contribution >= 4 is 0 Å². The summed E-state index contributed by atoms with van der Waals surface area (Å²) < 4.78 is 5.02. The predicted octanol–water partition coefficient (Wildman–Crippen LogP) is 1.33. The predicted molar refractivity (Wildman–Crippen MR) is 50.1 cm³/mol. The summed E-state index contributed by atoms with van der Waals surface area (Å²) in [5, 5.41) is 18.1. The molecule has 3 nitrogen and oxygen atoms in total. The monoisotopic (exact) mass is 182 g/mol. The Labute approximate surface area is 77.6 Å². The third-order valence-corrected chi connectivity index (χ3v) is 1.89. The Morgan fingerprint density at radius 3 is 2.77 bits per heavy atom. The fourth-order valence-corrected chi connectivity index (χ4v) is 1.16. The molecule has 0 unspecified atom stereocenters. The van der Waals surface area contributed by atoms with E-state index in [2.05, 4.69) is 0 Å². The standard InChI is InChI=1S/C10H14O3/c1-13-9-4-5-10(12)8(7-9)3-2-6-11/h4-5,7,11-12H,2-3,6H2,1H3. The number of aliphatic hydroxyl groups excluding tert-OH is 1. The van der Waals surface area contributed by atoms with E-state index in [-0.39, 0.29) is 12.4 Å². The lowest BCUT2D eigenvalue weighted by atomic mass is 10.1. The number of phenols is 1. The van der Waals surface area contributed by atoms with Crippen molar-refractivity contribution in [1.29, 1.82) is 0 Å². The zero-order chi connectivity index (χ0) is 9.68. The molecule has 0 fully saturated rings. The van der Waals surface area contributed by atoms with Crippen molar-refractivity contribution in [3.63, 3.8) is 0 Å². The second kappa shape index (κ2) is 4.72. The molecule has 0 atom stereocenters. The first-order chi connectivity index (χ1) is 6.27. The summed E-state index contributed by atoms with van der Waals surface area (Å²) in [5.74, 6) is 0.986. The van der Waals surface area contributed by atoms with Gasteiger partial charge in [0.25, 0.3) is 0 Å². The van der Waals surface area contributed by atoms with Gasteiger partial charge in [-0.25, -0.2) is 0 Å². The molecule has 0 spiro atoms. The van der Waals surface area contributed by atoms with Gasteiger partial charge in [0, 0.05) is 6.61 Å². The number of benzene rings is 1. The molecule has 0 heterocycles. The van der Waals surface area contributed by atoms with Crippen LogP contribution in [0.5, 0.6) is 11.5 Å². The molecule has 2 N–H and O–H groups in total. The number of aryl methyl sites for hydroxylation is 1.